The number of methoxy groups -OCH3 is 1. The fourth-order valence-electron chi connectivity index (χ4n) is 1.81. The number of hydrogen-bond donors (Lipinski definition) is 1. The van der Waals surface area contributed by atoms with Crippen molar-refractivity contribution in [3.8, 4) is 5.75 Å². The number of oxime groups is 1. The van der Waals surface area contributed by atoms with Gasteiger partial charge >= 0.3 is 0 Å². The molecule has 1 heterocycles. The van der Waals surface area contributed by atoms with Gasteiger partial charge in [0.1, 0.15) is 11.9 Å². The monoisotopic (exact) mass is 220 g/mol. The Labute approximate surface area is 95.0 Å². The summed E-state index contributed by atoms with van der Waals surface area (Å²) in [5.74, 6) is 0.832. The van der Waals surface area contributed by atoms with Crippen LogP contribution in [0.4, 0.5) is 0 Å². The lowest BCUT2D eigenvalue weighted by Crippen LogP contribution is -2.14. The molecule has 0 aliphatic carbocycles. The molecule has 1 atom stereocenters. The van der Waals surface area contributed by atoms with E-state index >= 15 is 0 Å². The topological polar surface area (TPSA) is 56.8 Å². The highest BCUT2D eigenvalue weighted by Crippen LogP contribution is 2.25. The van der Waals surface area contributed by atoms with Crippen molar-refractivity contribution in [1.82, 2.24) is 0 Å². The van der Waals surface area contributed by atoms with Crippen LogP contribution < -0.4 is 10.5 Å². The lowest BCUT2D eigenvalue weighted by Gasteiger charge is -2.07. The number of nitrogens with two attached hydrogens (primary N) is 1. The molecule has 1 unspecified atom stereocenters. The van der Waals surface area contributed by atoms with E-state index in [1.54, 1.807) is 7.11 Å². The number of para-hydroxylation sites is 1. The molecule has 16 heavy (non-hydrogen) atoms. The van der Waals surface area contributed by atoms with Crippen LogP contribution in [0.1, 0.15) is 18.4 Å². The maximum atomic E-state index is 5.49. The molecular weight excluding hydrogens is 204 g/mol. The zero-order valence-corrected chi connectivity index (χ0v) is 9.35. The molecule has 0 aromatic heterocycles. The van der Waals surface area contributed by atoms with E-state index in [0.29, 0.717) is 6.54 Å². The molecule has 0 amide bonds. The molecule has 2 N–H and O–H groups in total. The summed E-state index contributed by atoms with van der Waals surface area (Å²) in [5, 5.41) is 4.10. The van der Waals surface area contributed by atoms with Gasteiger partial charge in [-0.2, -0.15) is 0 Å². The predicted molar refractivity (Wildman–Crippen MR) is 62.7 cm³/mol. The Balaban J connectivity index is 2.14. The van der Waals surface area contributed by atoms with E-state index in [1.165, 1.54) is 0 Å². The average molecular weight is 220 g/mol. The molecule has 0 saturated carbocycles. The normalized spacial score (nSPS) is 19.1. The Hall–Kier alpha value is -1.55. The van der Waals surface area contributed by atoms with Gasteiger partial charge in [-0.15, -0.1) is 0 Å². The van der Waals surface area contributed by atoms with Gasteiger partial charge < -0.3 is 15.3 Å². The third-order valence-corrected chi connectivity index (χ3v) is 2.64. The standard InChI is InChI=1S/C12H16N2O2/c1-15-12-5-3-2-4-10(12)11-8-9(6-7-13)16-14-11/h2-5,9H,6-8,13H2,1H3. The first-order valence-electron chi connectivity index (χ1n) is 5.41. The lowest BCUT2D eigenvalue weighted by molar-refractivity contribution is 0.0810. The molecule has 0 bridgehead atoms. The Bertz CT molecular complexity index is 390. The molecule has 4 heteroatoms. The number of rotatable bonds is 4. The van der Waals surface area contributed by atoms with Crippen LogP contribution in [-0.2, 0) is 4.84 Å². The molecule has 1 aromatic carbocycles. The Morgan fingerprint density at radius 1 is 1.50 bits per heavy atom. The lowest BCUT2D eigenvalue weighted by atomic mass is 10.0. The summed E-state index contributed by atoms with van der Waals surface area (Å²) in [6.07, 6.45) is 1.75. The molecule has 86 valence electrons. The number of nitrogens with zero attached hydrogens (tertiary/aromatic N) is 1. The van der Waals surface area contributed by atoms with Crippen LogP contribution in [-0.4, -0.2) is 25.5 Å². The van der Waals surface area contributed by atoms with Gasteiger partial charge in [-0.1, -0.05) is 17.3 Å². The van der Waals surface area contributed by atoms with Crippen molar-refractivity contribution in [1.29, 1.82) is 0 Å². The number of hydrogen-bond acceptors (Lipinski definition) is 4. The van der Waals surface area contributed by atoms with E-state index in [4.69, 9.17) is 15.3 Å². The van der Waals surface area contributed by atoms with Crippen molar-refractivity contribution < 1.29 is 9.57 Å². The summed E-state index contributed by atoms with van der Waals surface area (Å²) >= 11 is 0. The van der Waals surface area contributed by atoms with Crippen molar-refractivity contribution in [2.24, 2.45) is 10.9 Å². The largest absolute Gasteiger partial charge is 0.496 e. The second kappa shape index (κ2) is 4.99. The minimum absolute atomic E-state index is 0.116. The van der Waals surface area contributed by atoms with Crippen molar-refractivity contribution in [2.45, 2.75) is 18.9 Å². The zero-order valence-electron chi connectivity index (χ0n) is 9.35. The summed E-state index contributed by atoms with van der Waals surface area (Å²) < 4.78 is 5.29. The highest BCUT2D eigenvalue weighted by molar-refractivity contribution is 6.03. The van der Waals surface area contributed by atoms with Crippen molar-refractivity contribution in [2.75, 3.05) is 13.7 Å². The Kier molecular flexibility index (Phi) is 3.41. The number of ether oxygens (including phenoxy) is 1. The van der Waals surface area contributed by atoms with Crippen molar-refractivity contribution >= 4 is 5.71 Å². The third kappa shape index (κ3) is 2.17. The summed E-state index contributed by atoms with van der Waals surface area (Å²) in [5.41, 5.74) is 7.44. The zero-order chi connectivity index (χ0) is 11.4. The van der Waals surface area contributed by atoms with Gasteiger partial charge in [-0.05, 0) is 25.1 Å². The molecule has 0 spiro atoms. The molecule has 1 aliphatic heterocycles. The maximum absolute atomic E-state index is 5.49. The smallest absolute Gasteiger partial charge is 0.134 e. The molecular formula is C12H16N2O2. The molecule has 0 radical (unpaired) electrons. The van der Waals surface area contributed by atoms with E-state index < -0.39 is 0 Å². The van der Waals surface area contributed by atoms with Gasteiger partial charge in [0.25, 0.3) is 0 Å². The molecule has 2 rings (SSSR count). The van der Waals surface area contributed by atoms with Crippen molar-refractivity contribution in [3.63, 3.8) is 0 Å². The molecule has 0 fully saturated rings. The molecule has 0 saturated heterocycles. The fourth-order valence-corrected chi connectivity index (χ4v) is 1.81. The van der Waals surface area contributed by atoms with E-state index in [0.717, 1.165) is 29.9 Å². The van der Waals surface area contributed by atoms with E-state index in [2.05, 4.69) is 5.16 Å². The summed E-state index contributed by atoms with van der Waals surface area (Å²) in [7, 11) is 1.66. The Morgan fingerprint density at radius 3 is 3.06 bits per heavy atom. The average Bonchev–Trinajstić information content (AvgIpc) is 2.78. The van der Waals surface area contributed by atoms with Gasteiger partial charge in [-0.3, -0.25) is 0 Å². The SMILES string of the molecule is COc1ccccc1C1=NOC(CCN)C1. The van der Waals surface area contributed by atoms with Crippen molar-refractivity contribution in [3.05, 3.63) is 29.8 Å². The molecule has 1 aliphatic rings. The first-order valence-corrected chi connectivity index (χ1v) is 5.41. The van der Waals surface area contributed by atoms with E-state index in [-0.39, 0.29) is 6.10 Å². The van der Waals surface area contributed by atoms with Gasteiger partial charge in [0.15, 0.2) is 0 Å². The summed E-state index contributed by atoms with van der Waals surface area (Å²) in [6, 6.07) is 7.83. The quantitative estimate of drug-likeness (QED) is 0.837. The molecule has 1 aromatic rings. The predicted octanol–water partition coefficient (Wildman–Crippen LogP) is 1.54. The van der Waals surface area contributed by atoms with Gasteiger partial charge in [0, 0.05) is 12.0 Å². The van der Waals surface area contributed by atoms with Crippen LogP contribution in [0.15, 0.2) is 29.4 Å². The maximum Gasteiger partial charge on any atom is 0.134 e. The van der Waals surface area contributed by atoms with Gasteiger partial charge in [0.2, 0.25) is 0 Å². The third-order valence-electron chi connectivity index (χ3n) is 2.64. The van der Waals surface area contributed by atoms with Crippen LogP contribution in [0.5, 0.6) is 5.75 Å². The summed E-state index contributed by atoms with van der Waals surface area (Å²) in [4.78, 5) is 5.31. The number of benzene rings is 1. The highest BCUT2D eigenvalue weighted by Gasteiger charge is 2.23. The Morgan fingerprint density at radius 2 is 2.31 bits per heavy atom. The summed E-state index contributed by atoms with van der Waals surface area (Å²) in [6.45, 7) is 0.624. The van der Waals surface area contributed by atoms with Crippen LogP contribution in [0.25, 0.3) is 0 Å². The first kappa shape index (κ1) is 11.0. The highest BCUT2D eigenvalue weighted by atomic mass is 16.6. The van der Waals surface area contributed by atoms with Crippen LogP contribution in [0.3, 0.4) is 0 Å². The van der Waals surface area contributed by atoms with Gasteiger partial charge in [-0.25, -0.2) is 0 Å². The minimum atomic E-state index is 0.116. The fraction of sp³-hybridized carbons (Fsp3) is 0.417. The molecule has 4 nitrogen and oxygen atoms in total. The second-order valence-electron chi connectivity index (χ2n) is 3.75. The minimum Gasteiger partial charge on any atom is -0.496 e. The van der Waals surface area contributed by atoms with E-state index in [9.17, 15) is 0 Å². The van der Waals surface area contributed by atoms with Crippen LogP contribution in [0.2, 0.25) is 0 Å². The van der Waals surface area contributed by atoms with Gasteiger partial charge in [0.05, 0.1) is 12.8 Å². The second-order valence-corrected chi connectivity index (χ2v) is 3.75. The van der Waals surface area contributed by atoms with E-state index in [1.807, 2.05) is 24.3 Å². The van der Waals surface area contributed by atoms with Crippen LogP contribution in [0, 0.1) is 0 Å². The first-order chi connectivity index (χ1) is 7.85. The van der Waals surface area contributed by atoms with Crippen LogP contribution >= 0.6 is 0 Å².